The molecule has 88 valence electrons. The molecule has 0 aliphatic rings. The minimum Gasteiger partial charge on any atom is -0.296 e. The second-order valence-electron chi connectivity index (χ2n) is 3.23. The molecular weight excluding hydrogens is 248 g/mol. The number of halogens is 2. The molecule has 0 bridgehead atoms. The van der Waals surface area contributed by atoms with Gasteiger partial charge in [-0.1, -0.05) is 0 Å². The molecule has 0 fully saturated rings. The second kappa shape index (κ2) is 4.54. The van der Waals surface area contributed by atoms with Crippen LogP contribution in [0.1, 0.15) is 16.2 Å². The van der Waals surface area contributed by atoms with Gasteiger partial charge in [-0.05, 0) is 25.1 Å². The van der Waals surface area contributed by atoms with Crippen molar-refractivity contribution in [1.29, 1.82) is 0 Å². The largest absolute Gasteiger partial charge is 0.296 e. The van der Waals surface area contributed by atoms with Crippen molar-refractivity contribution >= 4 is 22.6 Å². The molecule has 0 spiro atoms. The summed E-state index contributed by atoms with van der Waals surface area (Å²) < 4.78 is 30.0. The fraction of sp³-hybridized carbons (Fsp3) is 0.100. The van der Waals surface area contributed by atoms with Crippen LogP contribution in [0.2, 0.25) is 0 Å². The molecule has 2 rings (SSSR count). The Labute approximate surface area is 99.5 Å². The predicted octanol–water partition coefficient (Wildman–Crippen LogP) is 2.38. The molecule has 4 nitrogen and oxygen atoms in total. The minimum atomic E-state index is -0.787. The SMILES string of the molecule is Cc1nsc(NC(=O)c2cc(F)ccc2F)n1. The van der Waals surface area contributed by atoms with E-state index in [2.05, 4.69) is 14.7 Å². The van der Waals surface area contributed by atoms with Crippen LogP contribution >= 0.6 is 11.5 Å². The number of rotatable bonds is 2. The summed E-state index contributed by atoms with van der Waals surface area (Å²) in [5.74, 6) is -1.71. The van der Waals surface area contributed by atoms with Crippen molar-refractivity contribution in [1.82, 2.24) is 9.36 Å². The highest BCUT2D eigenvalue weighted by atomic mass is 32.1. The van der Waals surface area contributed by atoms with Crippen LogP contribution < -0.4 is 5.32 Å². The molecule has 2 aromatic rings. The van der Waals surface area contributed by atoms with Crippen molar-refractivity contribution in [2.45, 2.75) is 6.92 Å². The smallest absolute Gasteiger partial charge is 0.260 e. The van der Waals surface area contributed by atoms with E-state index in [-0.39, 0.29) is 10.7 Å². The van der Waals surface area contributed by atoms with E-state index in [1.807, 2.05) is 0 Å². The van der Waals surface area contributed by atoms with Crippen molar-refractivity contribution in [3.05, 3.63) is 41.2 Å². The van der Waals surface area contributed by atoms with Gasteiger partial charge in [0.05, 0.1) is 5.56 Å². The molecule has 1 heterocycles. The fourth-order valence-corrected chi connectivity index (χ4v) is 1.75. The van der Waals surface area contributed by atoms with Gasteiger partial charge in [-0.15, -0.1) is 0 Å². The average molecular weight is 255 g/mol. The quantitative estimate of drug-likeness (QED) is 0.896. The summed E-state index contributed by atoms with van der Waals surface area (Å²) >= 11 is 0.973. The zero-order chi connectivity index (χ0) is 12.4. The number of aryl methyl sites for hydroxylation is 1. The standard InChI is InChI=1S/C10H7F2N3OS/c1-5-13-10(17-15-5)14-9(16)7-4-6(11)2-3-8(7)12/h2-4H,1H3,(H,13,14,15,16). The van der Waals surface area contributed by atoms with E-state index in [0.717, 1.165) is 29.7 Å². The molecule has 0 aliphatic carbocycles. The van der Waals surface area contributed by atoms with Crippen LogP contribution in [0.15, 0.2) is 18.2 Å². The molecule has 1 N–H and O–H groups in total. The van der Waals surface area contributed by atoms with Crippen molar-refractivity contribution in [2.75, 3.05) is 5.32 Å². The Morgan fingerprint density at radius 2 is 2.18 bits per heavy atom. The van der Waals surface area contributed by atoms with Crippen LogP contribution in [0.5, 0.6) is 0 Å². The van der Waals surface area contributed by atoms with Gasteiger partial charge in [-0.2, -0.15) is 4.37 Å². The summed E-state index contributed by atoms with van der Waals surface area (Å²) in [7, 11) is 0. The Kier molecular flexibility index (Phi) is 3.10. The van der Waals surface area contributed by atoms with Gasteiger partial charge in [0.1, 0.15) is 17.5 Å². The number of hydrogen-bond donors (Lipinski definition) is 1. The fourth-order valence-electron chi connectivity index (χ4n) is 1.18. The van der Waals surface area contributed by atoms with E-state index >= 15 is 0 Å². The topological polar surface area (TPSA) is 54.9 Å². The molecule has 0 saturated heterocycles. The molecule has 0 radical (unpaired) electrons. The molecule has 0 unspecified atom stereocenters. The summed E-state index contributed by atoms with van der Waals surface area (Å²) in [6.45, 7) is 1.66. The lowest BCUT2D eigenvalue weighted by atomic mass is 10.2. The van der Waals surface area contributed by atoms with Gasteiger partial charge >= 0.3 is 0 Å². The predicted molar refractivity (Wildman–Crippen MR) is 59.0 cm³/mol. The van der Waals surface area contributed by atoms with E-state index < -0.39 is 17.5 Å². The van der Waals surface area contributed by atoms with Gasteiger partial charge in [0.15, 0.2) is 0 Å². The molecule has 0 atom stereocenters. The zero-order valence-corrected chi connectivity index (χ0v) is 9.52. The molecule has 7 heteroatoms. The minimum absolute atomic E-state index is 0.246. The number of benzene rings is 1. The Morgan fingerprint density at radius 1 is 1.41 bits per heavy atom. The van der Waals surface area contributed by atoms with Gasteiger partial charge in [0.25, 0.3) is 5.91 Å². The van der Waals surface area contributed by atoms with Gasteiger partial charge in [-0.3, -0.25) is 10.1 Å². The highest BCUT2D eigenvalue weighted by molar-refractivity contribution is 7.09. The first-order valence-electron chi connectivity index (χ1n) is 4.63. The van der Waals surface area contributed by atoms with Crippen molar-refractivity contribution in [2.24, 2.45) is 0 Å². The molecule has 0 aliphatic heterocycles. The maximum absolute atomic E-state index is 13.3. The number of nitrogens with zero attached hydrogens (tertiary/aromatic N) is 2. The van der Waals surface area contributed by atoms with Crippen molar-refractivity contribution in [3.8, 4) is 0 Å². The second-order valence-corrected chi connectivity index (χ2v) is 3.98. The van der Waals surface area contributed by atoms with Crippen LogP contribution in [0.25, 0.3) is 0 Å². The van der Waals surface area contributed by atoms with Gasteiger partial charge in [0, 0.05) is 11.5 Å². The summed E-state index contributed by atoms with van der Waals surface area (Å²) in [6.07, 6.45) is 0. The first-order valence-corrected chi connectivity index (χ1v) is 5.40. The molecule has 1 aromatic heterocycles. The summed E-state index contributed by atoms with van der Waals surface area (Å²) in [4.78, 5) is 15.5. The Hall–Kier alpha value is -1.89. The normalized spacial score (nSPS) is 10.3. The summed E-state index contributed by atoms with van der Waals surface area (Å²) in [6, 6.07) is 2.68. The monoisotopic (exact) mass is 255 g/mol. The molecule has 1 aromatic carbocycles. The third kappa shape index (κ3) is 2.62. The van der Waals surface area contributed by atoms with Crippen LogP contribution in [0.4, 0.5) is 13.9 Å². The van der Waals surface area contributed by atoms with Gasteiger partial charge in [0.2, 0.25) is 5.13 Å². The number of anilines is 1. The lowest BCUT2D eigenvalue weighted by Gasteiger charge is -2.02. The van der Waals surface area contributed by atoms with Crippen LogP contribution in [0, 0.1) is 18.6 Å². The molecular formula is C10H7F2N3OS. The lowest BCUT2D eigenvalue weighted by molar-refractivity contribution is 0.102. The number of carbonyl (C=O) groups is 1. The summed E-state index contributed by atoms with van der Waals surface area (Å²) in [5.41, 5.74) is -0.363. The Morgan fingerprint density at radius 3 is 2.82 bits per heavy atom. The summed E-state index contributed by atoms with van der Waals surface area (Å²) in [5, 5.41) is 2.59. The highest BCUT2D eigenvalue weighted by Crippen LogP contribution is 2.14. The number of amides is 1. The Bertz CT molecular complexity index is 570. The van der Waals surface area contributed by atoms with Gasteiger partial charge in [-0.25, -0.2) is 13.8 Å². The van der Waals surface area contributed by atoms with E-state index in [4.69, 9.17) is 0 Å². The third-order valence-corrected chi connectivity index (χ3v) is 2.64. The van der Waals surface area contributed by atoms with Crippen molar-refractivity contribution in [3.63, 3.8) is 0 Å². The third-order valence-electron chi connectivity index (χ3n) is 1.92. The maximum atomic E-state index is 13.3. The molecule has 0 saturated carbocycles. The Balaban J connectivity index is 2.22. The van der Waals surface area contributed by atoms with Gasteiger partial charge < -0.3 is 0 Å². The average Bonchev–Trinajstić information content (AvgIpc) is 2.67. The van der Waals surface area contributed by atoms with Crippen LogP contribution in [-0.4, -0.2) is 15.3 Å². The number of aromatic nitrogens is 2. The van der Waals surface area contributed by atoms with E-state index in [0.29, 0.717) is 5.82 Å². The van der Waals surface area contributed by atoms with Crippen LogP contribution in [-0.2, 0) is 0 Å². The lowest BCUT2D eigenvalue weighted by Crippen LogP contribution is -2.13. The zero-order valence-electron chi connectivity index (χ0n) is 8.70. The first-order chi connectivity index (χ1) is 8.06. The molecule has 1 amide bonds. The van der Waals surface area contributed by atoms with E-state index in [1.165, 1.54) is 0 Å². The molecule has 17 heavy (non-hydrogen) atoms. The number of nitrogens with one attached hydrogen (secondary N) is 1. The van der Waals surface area contributed by atoms with Crippen molar-refractivity contribution < 1.29 is 13.6 Å². The van der Waals surface area contributed by atoms with Crippen LogP contribution in [0.3, 0.4) is 0 Å². The maximum Gasteiger partial charge on any atom is 0.260 e. The highest BCUT2D eigenvalue weighted by Gasteiger charge is 2.14. The van der Waals surface area contributed by atoms with E-state index in [9.17, 15) is 13.6 Å². The number of carbonyl (C=O) groups excluding carboxylic acids is 1. The number of hydrogen-bond acceptors (Lipinski definition) is 4. The van der Waals surface area contributed by atoms with E-state index in [1.54, 1.807) is 6.92 Å². The first kappa shape index (κ1) is 11.6.